The number of ether oxygens (including phenoxy) is 1. The zero-order valence-corrected chi connectivity index (χ0v) is 10.3. The van der Waals surface area contributed by atoms with E-state index >= 15 is 0 Å². The lowest BCUT2D eigenvalue weighted by atomic mass is 10.2. The van der Waals surface area contributed by atoms with Crippen molar-refractivity contribution in [3.05, 3.63) is 16.1 Å². The van der Waals surface area contributed by atoms with Crippen LogP contribution in [0, 0.1) is 6.92 Å². The zero-order chi connectivity index (χ0) is 11.3. The molecule has 0 amide bonds. The molecule has 0 bridgehead atoms. The molecule has 0 spiro atoms. The Balaban J connectivity index is 2.28. The minimum Gasteiger partial charge on any atom is -0.370 e. The van der Waals surface area contributed by atoms with E-state index in [0.717, 1.165) is 12.1 Å². The first kappa shape index (κ1) is 12.3. The minimum absolute atomic E-state index is 0.163. The standard InChI is InChI=1S/C11H17NO2S/c1-4-10(13)9(3)14-6-5-11-8(2)12-7-15-11/h7,9H,4-6H2,1-3H3. The van der Waals surface area contributed by atoms with Gasteiger partial charge in [0, 0.05) is 17.7 Å². The number of thiazole rings is 1. The van der Waals surface area contributed by atoms with Gasteiger partial charge in [0.2, 0.25) is 0 Å². The molecule has 0 saturated heterocycles. The van der Waals surface area contributed by atoms with Gasteiger partial charge < -0.3 is 4.74 Å². The predicted octanol–water partition coefficient (Wildman–Crippen LogP) is 2.38. The maximum absolute atomic E-state index is 11.2. The Kier molecular flexibility index (Phi) is 4.91. The van der Waals surface area contributed by atoms with Crippen molar-refractivity contribution in [2.75, 3.05) is 6.61 Å². The van der Waals surface area contributed by atoms with Crippen molar-refractivity contribution in [1.82, 2.24) is 4.98 Å². The quantitative estimate of drug-likeness (QED) is 0.749. The molecule has 0 N–H and O–H groups in total. The predicted molar refractivity (Wildman–Crippen MR) is 61.3 cm³/mol. The van der Waals surface area contributed by atoms with Crippen LogP contribution in [0.4, 0.5) is 0 Å². The summed E-state index contributed by atoms with van der Waals surface area (Å²) in [7, 11) is 0. The molecule has 0 fully saturated rings. The molecule has 0 saturated carbocycles. The van der Waals surface area contributed by atoms with E-state index in [4.69, 9.17) is 4.74 Å². The van der Waals surface area contributed by atoms with Crippen molar-refractivity contribution in [2.45, 2.75) is 39.7 Å². The molecule has 0 aliphatic heterocycles. The number of aryl methyl sites for hydroxylation is 1. The molecular weight excluding hydrogens is 210 g/mol. The lowest BCUT2D eigenvalue weighted by molar-refractivity contribution is -0.129. The highest BCUT2D eigenvalue weighted by Crippen LogP contribution is 2.13. The van der Waals surface area contributed by atoms with Gasteiger partial charge in [-0.3, -0.25) is 4.79 Å². The van der Waals surface area contributed by atoms with Crippen molar-refractivity contribution >= 4 is 17.1 Å². The molecule has 1 rings (SSSR count). The average Bonchev–Trinajstić information content (AvgIpc) is 2.63. The van der Waals surface area contributed by atoms with Crippen LogP contribution in [0.3, 0.4) is 0 Å². The highest BCUT2D eigenvalue weighted by molar-refractivity contribution is 7.09. The monoisotopic (exact) mass is 227 g/mol. The zero-order valence-electron chi connectivity index (χ0n) is 9.45. The molecule has 0 aliphatic rings. The number of nitrogens with zero attached hydrogens (tertiary/aromatic N) is 1. The number of hydrogen-bond donors (Lipinski definition) is 0. The lowest BCUT2D eigenvalue weighted by Gasteiger charge is -2.10. The van der Waals surface area contributed by atoms with Crippen molar-refractivity contribution in [3.63, 3.8) is 0 Å². The van der Waals surface area contributed by atoms with Crippen LogP contribution >= 0.6 is 11.3 Å². The van der Waals surface area contributed by atoms with Gasteiger partial charge in [-0.15, -0.1) is 11.3 Å². The first-order chi connectivity index (χ1) is 7.15. The highest BCUT2D eigenvalue weighted by atomic mass is 32.1. The fraction of sp³-hybridized carbons (Fsp3) is 0.636. The van der Waals surface area contributed by atoms with Gasteiger partial charge in [-0.25, -0.2) is 4.98 Å². The van der Waals surface area contributed by atoms with E-state index in [1.54, 1.807) is 11.3 Å². The molecule has 15 heavy (non-hydrogen) atoms. The summed E-state index contributed by atoms with van der Waals surface area (Å²) in [5, 5.41) is 0. The molecule has 84 valence electrons. The van der Waals surface area contributed by atoms with E-state index in [1.807, 2.05) is 26.3 Å². The Hall–Kier alpha value is -0.740. The van der Waals surface area contributed by atoms with Crippen LogP contribution in [0.25, 0.3) is 0 Å². The van der Waals surface area contributed by atoms with E-state index in [-0.39, 0.29) is 11.9 Å². The van der Waals surface area contributed by atoms with Gasteiger partial charge in [0.1, 0.15) is 6.10 Å². The normalized spacial score (nSPS) is 12.7. The maximum atomic E-state index is 11.2. The molecule has 1 aromatic rings. The first-order valence-electron chi connectivity index (χ1n) is 5.18. The number of hydrogen-bond acceptors (Lipinski definition) is 4. The summed E-state index contributed by atoms with van der Waals surface area (Å²) in [5.41, 5.74) is 2.91. The molecule has 0 aliphatic carbocycles. The number of carbonyl (C=O) groups excluding carboxylic acids is 1. The molecule has 3 nitrogen and oxygen atoms in total. The van der Waals surface area contributed by atoms with Crippen LogP contribution in [0.1, 0.15) is 30.8 Å². The van der Waals surface area contributed by atoms with Crippen LogP contribution in [0.15, 0.2) is 5.51 Å². The number of aromatic nitrogens is 1. The lowest BCUT2D eigenvalue weighted by Crippen LogP contribution is -2.20. The summed E-state index contributed by atoms with van der Waals surface area (Å²) in [5.74, 6) is 0.163. The molecular formula is C11H17NO2S. The second kappa shape index (κ2) is 5.98. The summed E-state index contributed by atoms with van der Waals surface area (Å²) in [4.78, 5) is 16.6. The van der Waals surface area contributed by atoms with E-state index in [1.165, 1.54) is 4.88 Å². The second-order valence-electron chi connectivity index (χ2n) is 3.44. The van der Waals surface area contributed by atoms with Crippen molar-refractivity contribution < 1.29 is 9.53 Å². The second-order valence-corrected chi connectivity index (χ2v) is 4.38. The SMILES string of the molecule is CCC(=O)C(C)OCCc1scnc1C. The Morgan fingerprint density at radius 2 is 2.40 bits per heavy atom. The van der Waals surface area contributed by atoms with Gasteiger partial charge >= 0.3 is 0 Å². The summed E-state index contributed by atoms with van der Waals surface area (Å²) in [6.07, 6.45) is 1.11. The van der Waals surface area contributed by atoms with Crippen LogP contribution in [-0.4, -0.2) is 23.5 Å². The summed E-state index contributed by atoms with van der Waals surface area (Å²) in [6, 6.07) is 0. The number of ketones is 1. The molecule has 1 aromatic heterocycles. The number of carbonyl (C=O) groups is 1. The molecule has 0 radical (unpaired) electrons. The van der Waals surface area contributed by atoms with Crippen molar-refractivity contribution in [1.29, 1.82) is 0 Å². The van der Waals surface area contributed by atoms with E-state index in [9.17, 15) is 4.79 Å². The van der Waals surface area contributed by atoms with Gasteiger partial charge in [0.15, 0.2) is 5.78 Å². The summed E-state index contributed by atoms with van der Waals surface area (Å²) in [6.45, 7) is 6.25. The topological polar surface area (TPSA) is 39.2 Å². The third kappa shape index (κ3) is 3.72. The first-order valence-corrected chi connectivity index (χ1v) is 6.06. The van der Waals surface area contributed by atoms with Crippen LogP contribution in [0.5, 0.6) is 0 Å². The summed E-state index contributed by atoms with van der Waals surface area (Å²) < 4.78 is 5.45. The van der Waals surface area contributed by atoms with Crippen molar-refractivity contribution in [3.8, 4) is 0 Å². The minimum atomic E-state index is -0.275. The van der Waals surface area contributed by atoms with E-state index < -0.39 is 0 Å². The van der Waals surface area contributed by atoms with Gasteiger partial charge in [-0.1, -0.05) is 6.92 Å². The fourth-order valence-electron chi connectivity index (χ4n) is 1.27. The molecule has 1 atom stereocenters. The number of rotatable bonds is 6. The van der Waals surface area contributed by atoms with Crippen LogP contribution < -0.4 is 0 Å². The van der Waals surface area contributed by atoms with E-state index in [2.05, 4.69) is 4.98 Å². The third-order valence-electron chi connectivity index (χ3n) is 2.34. The van der Waals surface area contributed by atoms with Gasteiger partial charge in [-0.05, 0) is 13.8 Å². The smallest absolute Gasteiger partial charge is 0.160 e. The molecule has 1 heterocycles. The van der Waals surface area contributed by atoms with Crippen molar-refractivity contribution in [2.24, 2.45) is 0 Å². The maximum Gasteiger partial charge on any atom is 0.160 e. The van der Waals surface area contributed by atoms with Gasteiger partial charge in [0.05, 0.1) is 17.8 Å². The Morgan fingerprint density at radius 3 is 2.93 bits per heavy atom. The Morgan fingerprint density at radius 1 is 1.67 bits per heavy atom. The molecule has 0 aromatic carbocycles. The van der Waals surface area contributed by atoms with E-state index in [0.29, 0.717) is 13.0 Å². The largest absolute Gasteiger partial charge is 0.370 e. The Labute approximate surface area is 94.5 Å². The fourth-order valence-corrected chi connectivity index (χ4v) is 2.04. The van der Waals surface area contributed by atoms with Gasteiger partial charge in [-0.2, -0.15) is 0 Å². The van der Waals surface area contributed by atoms with Gasteiger partial charge in [0.25, 0.3) is 0 Å². The molecule has 1 unspecified atom stereocenters. The highest BCUT2D eigenvalue weighted by Gasteiger charge is 2.10. The third-order valence-corrected chi connectivity index (χ3v) is 3.34. The Bertz CT molecular complexity index is 322. The van der Waals surface area contributed by atoms with Crippen LogP contribution in [0.2, 0.25) is 0 Å². The summed E-state index contributed by atoms with van der Waals surface area (Å²) >= 11 is 1.64. The van der Waals surface area contributed by atoms with Crippen LogP contribution in [-0.2, 0) is 16.0 Å². The average molecular weight is 227 g/mol. The number of Topliss-reactive ketones (excluding diaryl/α,β-unsaturated/α-hetero) is 1. The molecule has 4 heteroatoms.